The Morgan fingerprint density at radius 1 is 1.24 bits per heavy atom. The van der Waals surface area contributed by atoms with E-state index in [0.717, 1.165) is 0 Å². The van der Waals surface area contributed by atoms with Gasteiger partial charge in [0.05, 0.1) is 18.5 Å². The number of anilines is 2. The number of hydrogen-bond acceptors (Lipinski definition) is 6. The Morgan fingerprint density at radius 3 is 2.60 bits per heavy atom. The summed E-state index contributed by atoms with van der Waals surface area (Å²) in [5, 5.41) is 5.39. The number of nitrogens with one attached hydrogen (secondary N) is 2. The molecule has 2 amide bonds. The molecule has 0 unspecified atom stereocenters. The van der Waals surface area contributed by atoms with E-state index in [1.54, 1.807) is 25.1 Å². The van der Waals surface area contributed by atoms with Crippen molar-refractivity contribution in [2.45, 2.75) is 20.3 Å². The van der Waals surface area contributed by atoms with E-state index in [1.165, 1.54) is 14.2 Å². The zero-order valence-corrected chi connectivity index (χ0v) is 14.6. The van der Waals surface area contributed by atoms with E-state index in [1.807, 2.05) is 6.92 Å². The molecule has 0 saturated heterocycles. The predicted octanol–water partition coefficient (Wildman–Crippen LogP) is 2.39. The Labute approximate surface area is 145 Å². The van der Waals surface area contributed by atoms with Crippen molar-refractivity contribution in [1.29, 1.82) is 0 Å². The Balaban J connectivity index is 2.15. The minimum absolute atomic E-state index is 0.0633. The van der Waals surface area contributed by atoms with Crippen molar-refractivity contribution in [3.8, 4) is 5.75 Å². The molecule has 0 aliphatic heterocycles. The second-order valence-electron chi connectivity index (χ2n) is 5.23. The number of methoxy groups -OCH3 is 2. The average Bonchev–Trinajstić information content (AvgIpc) is 2.97. The molecule has 8 heteroatoms. The molecule has 0 aliphatic carbocycles. The van der Waals surface area contributed by atoms with Gasteiger partial charge in [-0.25, -0.2) is 4.98 Å². The SMILES string of the molecule is CCc1nc(C)c(C(=O)Nc2ccc(NC(=O)COC)c(OC)c2)o1. The fourth-order valence-corrected chi connectivity index (χ4v) is 2.19. The van der Waals surface area contributed by atoms with Gasteiger partial charge in [0.2, 0.25) is 11.7 Å². The number of amides is 2. The lowest BCUT2D eigenvalue weighted by Gasteiger charge is -2.12. The van der Waals surface area contributed by atoms with Crippen molar-refractivity contribution < 1.29 is 23.5 Å². The molecule has 8 nitrogen and oxygen atoms in total. The molecule has 1 aromatic carbocycles. The largest absolute Gasteiger partial charge is 0.494 e. The summed E-state index contributed by atoms with van der Waals surface area (Å²) in [6, 6.07) is 4.88. The van der Waals surface area contributed by atoms with Gasteiger partial charge in [-0.1, -0.05) is 6.92 Å². The first kappa shape index (κ1) is 18.5. The molecule has 1 aromatic heterocycles. The van der Waals surface area contributed by atoms with Crippen molar-refractivity contribution >= 4 is 23.2 Å². The van der Waals surface area contributed by atoms with Gasteiger partial charge >= 0.3 is 0 Å². The quantitative estimate of drug-likeness (QED) is 0.797. The lowest BCUT2D eigenvalue weighted by molar-refractivity contribution is -0.119. The molecule has 0 spiro atoms. The highest BCUT2D eigenvalue weighted by molar-refractivity contribution is 6.03. The van der Waals surface area contributed by atoms with Gasteiger partial charge in [-0.05, 0) is 19.1 Å². The molecule has 0 fully saturated rings. The van der Waals surface area contributed by atoms with Crippen LogP contribution in [0, 0.1) is 6.92 Å². The van der Waals surface area contributed by atoms with Crippen LogP contribution in [-0.2, 0) is 16.0 Å². The number of carbonyl (C=O) groups is 2. The van der Waals surface area contributed by atoms with Gasteiger partial charge in [0.15, 0.2) is 5.89 Å². The Morgan fingerprint density at radius 2 is 2.00 bits per heavy atom. The predicted molar refractivity (Wildman–Crippen MR) is 92.1 cm³/mol. The molecule has 134 valence electrons. The second-order valence-corrected chi connectivity index (χ2v) is 5.23. The van der Waals surface area contributed by atoms with Crippen LogP contribution >= 0.6 is 0 Å². The van der Waals surface area contributed by atoms with Gasteiger partial charge in [-0.3, -0.25) is 9.59 Å². The fraction of sp³-hybridized carbons (Fsp3) is 0.353. The van der Waals surface area contributed by atoms with E-state index in [2.05, 4.69) is 15.6 Å². The van der Waals surface area contributed by atoms with Crippen LogP contribution in [0.1, 0.15) is 29.1 Å². The van der Waals surface area contributed by atoms with Crippen LogP contribution in [0.3, 0.4) is 0 Å². The third-order valence-corrected chi connectivity index (χ3v) is 3.36. The number of rotatable bonds is 7. The fourth-order valence-electron chi connectivity index (χ4n) is 2.19. The van der Waals surface area contributed by atoms with Gasteiger partial charge in [0.1, 0.15) is 12.4 Å². The number of oxazole rings is 1. The van der Waals surface area contributed by atoms with Crippen LogP contribution < -0.4 is 15.4 Å². The number of nitrogens with zero attached hydrogens (tertiary/aromatic N) is 1. The summed E-state index contributed by atoms with van der Waals surface area (Å²) in [5.41, 5.74) is 1.51. The molecule has 1 heterocycles. The third-order valence-electron chi connectivity index (χ3n) is 3.36. The molecule has 0 bridgehead atoms. The highest BCUT2D eigenvalue weighted by Gasteiger charge is 2.17. The maximum Gasteiger partial charge on any atom is 0.293 e. The molecule has 0 saturated carbocycles. The maximum atomic E-state index is 12.3. The molecular weight excluding hydrogens is 326 g/mol. The van der Waals surface area contributed by atoms with Gasteiger partial charge in [-0.2, -0.15) is 0 Å². The molecular formula is C17H21N3O5. The Kier molecular flexibility index (Phi) is 6.13. The van der Waals surface area contributed by atoms with Crippen LogP contribution in [0.4, 0.5) is 11.4 Å². The van der Waals surface area contributed by atoms with Crippen molar-refractivity contribution in [1.82, 2.24) is 4.98 Å². The summed E-state index contributed by atoms with van der Waals surface area (Å²) in [7, 11) is 2.91. The number of carbonyl (C=O) groups excluding carboxylic acids is 2. The average molecular weight is 347 g/mol. The highest BCUT2D eigenvalue weighted by atomic mass is 16.5. The van der Waals surface area contributed by atoms with Crippen molar-refractivity contribution in [2.24, 2.45) is 0 Å². The van der Waals surface area contributed by atoms with Gasteiger partial charge in [0.25, 0.3) is 5.91 Å². The maximum absolute atomic E-state index is 12.3. The standard InChI is InChI=1S/C17H21N3O5/c1-5-15-18-10(2)16(25-15)17(22)19-11-6-7-12(13(8-11)24-4)20-14(21)9-23-3/h6-8H,5,9H2,1-4H3,(H,19,22)(H,20,21). The first-order chi connectivity index (χ1) is 12.0. The highest BCUT2D eigenvalue weighted by Crippen LogP contribution is 2.28. The van der Waals surface area contributed by atoms with Crippen LogP contribution in [0.5, 0.6) is 5.75 Å². The molecule has 0 radical (unpaired) electrons. The molecule has 0 aliphatic rings. The summed E-state index contributed by atoms with van der Waals surface area (Å²) in [6.07, 6.45) is 0.609. The zero-order valence-electron chi connectivity index (χ0n) is 14.6. The lowest BCUT2D eigenvalue weighted by atomic mass is 10.2. The number of hydrogen-bond donors (Lipinski definition) is 2. The molecule has 0 atom stereocenters. The van der Waals surface area contributed by atoms with E-state index >= 15 is 0 Å². The number of aromatic nitrogens is 1. The van der Waals surface area contributed by atoms with Crippen LogP contribution in [-0.4, -0.2) is 37.6 Å². The normalized spacial score (nSPS) is 10.4. The minimum Gasteiger partial charge on any atom is -0.494 e. The number of benzene rings is 1. The Bertz CT molecular complexity index is 770. The van der Waals surface area contributed by atoms with E-state index < -0.39 is 5.91 Å². The van der Waals surface area contributed by atoms with E-state index in [9.17, 15) is 9.59 Å². The van der Waals surface area contributed by atoms with Crippen molar-refractivity contribution in [3.63, 3.8) is 0 Å². The zero-order chi connectivity index (χ0) is 18.4. The molecule has 2 N–H and O–H groups in total. The Hall–Kier alpha value is -2.87. The van der Waals surface area contributed by atoms with E-state index in [4.69, 9.17) is 13.9 Å². The molecule has 25 heavy (non-hydrogen) atoms. The van der Waals surface area contributed by atoms with Crippen molar-refractivity contribution in [2.75, 3.05) is 31.5 Å². The second kappa shape index (κ2) is 8.29. The summed E-state index contributed by atoms with van der Waals surface area (Å²) in [4.78, 5) is 28.1. The monoisotopic (exact) mass is 347 g/mol. The smallest absolute Gasteiger partial charge is 0.293 e. The molecule has 2 rings (SSSR count). The topological polar surface area (TPSA) is 103 Å². The summed E-state index contributed by atoms with van der Waals surface area (Å²) < 4.78 is 15.5. The van der Waals surface area contributed by atoms with Gasteiger partial charge in [0, 0.05) is 25.3 Å². The minimum atomic E-state index is -0.400. The summed E-state index contributed by atoms with van der Waals surface area (Å²) in [5.74, 6) is 0.389. The summed E-state index contributed by atoms with van der Waals surface area (Å²) >= 11 is 0. The summed E-state index contributed by atoms with van der Waals surface area (Å²) in [6.45, 7) is 3.55. The number of ether oxygens (including phenoxy) is 2. The van der Waals surface area contributed by atoms with Crippen LogP contribution in [0.15, 0.2) is 22.6 Å². The van der Waals surface area contributed by atoms with Gasteiger partial charge in [-0.15, -0.1) is 0 Å². The van der Waals surface area contributed by atoms with E-state index in [0.29, 0.717) is 35.1 Å². The first-order valence-electron chi connectivity index (χ1n) is 7.73. The van der Waals surface area contributed by atoms with Crippen LogP contribution in [0.25, 0.3) is 0 Å². The lowest BCUT2D eigenvalue weighted by Crippen LogP contribution is -2.18. The third kappa shape index (κ3) is 4.57. The number of aryl methyl sites for hydroxylation is 2. The van der Waals surface area contributed by atoms with Crippen molar-refractivity contribution in [3.05, 3.63) is 35.5 Å². The van der Waals surface area contributed by atoms with E-state index in [-0.39, 0.29) is 18.3 Å². The molecule has 2 aromatic rings. The van der Waals surface area contributed by atoms with Gasteiger partial charge < -0.3 is 24.5 Å². The van der Waals surface area contributed by atoms with Crippen LogP contribution in [0.2, 0.25) is 0 Å². The first-order valence-corrected chi connectivity index (χ1v) is 7.73.